The van der Waals surface area contributed by atoms with Gasteiger partial charge in [-0.3, -0.25) is 0 Å². The maximum Gasteiger partial charge on any atom is 0.127 e. The predicted molar refractivity (Wildman–Crippen MR) is 209 cm³/mol. The van der Waals surface area contributed by atoms with Crippen molar-refractivity contribution in [3.63, 3.8) is 0 Å². The first-order chi connectivity index (χ1) is 23.9. The quantitative estimate of drug-likeness (QED) is 0.159. The second-order valence-electron chi connectivity index (χ2n) is 13.9. The molecule has 0 saturated carbocycles. The van der Waals surface area contributed by atoms with Crippen molar-refractivity contribution in [3.05, 3.63) is 156 Å². The molecule has 0 spiro atoms. The summed E-state index contributed by atoms with van der Waals surface area (Å²) in [5.74, 6) is 1.75. The average molecular weight is 638 g/mol. The van der Waals surface area contributed by atoms with Gasteiger partial charge in [-0.2, -0.15) is 0 Å². The highest BCUT2D eigenvalue weighted by Crippen LogP contribution is 2.45. The molecule has 7 aromatic rings. The van der Waals surface area contributed by atoms with Gasteiger partial charge >= 0.3 is 0 Å². The minimum atomic E-state index is 0.199. The number of hydrogen-bond acceptors (Lipinski definition) is 2. The molecule has 1 aliphatic carbocycles. The molecule has 2 heteroatoms. The molecule has 1 N–H and O–H groups in total. The predicted octanol–water partition coefficient (Wildman–Crippen LogP) is 13.3. The molecule has 242 valence electrons. The number of nitrogens with one attached hydrogen (secondary N) is 1. The zero-order valence-electron chi connectivity index (χ0n) is 28.9. The molecule has 2 nitrogen and oxygen atoms in total. The van der Waals surface area contributed by atoms with Gasteiger partial charge in [0.15, 0.2) is 0 Å². The Kier molecular flexibility index (Phi) is 7.96. The summed E-state index contributed by atoms with van der Waals surface area (Å²) in [4.78, 5) is 0. The minimum Gasteiger partial charge on any atom is -0.457 e. The van der Waals surface area contributed by atoms with Crippen molar-refractivity contribution >= 4 is 32.9 Å². The van der Waals surface area contributed by atoms with Gasteiger partial charge in [-0.25, -0.2) is 0 Å². The second kappa shape index (κ2) is 12.6. The molecule has 0 bridgehead atoms. The van der Waals surface area contributed by atoms with Gasteiger partial charge in [0.2, 0.25) is 0 Å². The summed E-state index contributed by atoms with van der Waals surface area (Å²) in [6.07, 6.45) is 4.60. The van der Waals surface area contributed by atoms with E-state index in [4.69, 9.17) is 4.74 Å². The van der Waals surface area contributed by atoms with Crippen molar-refractivity contribution in [1.29, 1.82) is 0 Å². The van der Waals surface area contributed by atoms with E-state index < -0.39 is 0 Å². The Hall–Kier alpha value is -5.34. The van der Waals surface area contributed by atoms with E-state index in [2.05, 4.69) is 154 Å². The van der Waals surface area contributed by atoms with E-state index in [0.29, 0.717) is 0 Å². The van der Waals surface area contributed by atoms with Gasteiger partial charge < -0.3 is 10.1 Å². The van der Waals surface area contributed by atoms with Crippen LogP contribution < -0.4 is 10.1 Å². The Morgan fingerprint density at radius 3 is 1.69 bits per heavy atom. The summed E-state index contributed by atoms with van der Waals surface area (Å²) in [6.45, 7) is 9.17. The monoisotopic (exact) mass is 637 g/mol. The third kappa shape index (κ3) is 5.76. The van der Waals surface area contributed by atoms with Crippen molar-refractivity contribution < 1.29 is 4.74 Å². The second-order valence-corrected chi connectivity index (χ2v) is 13.9. The van der Waals surface area contributed by atoms with Crippen molar-refractivity contribution in [2.24, 2.45) is 0 Å². The first-order valence-electron chi connectivity index (χ1n) is 17.8. The smallest absolute Gasteiger partial charge is 0.127 e. The molecule has 49 heavy (non-hydrogen) atoms. The lowest BCUT2D eigenvalue weighted by Crippen LogP contribution is -2.19. The van der Waals surface area contributed by atoms with E-state index in [0.717, 1.165) is 42.1 Å². The van der Waals surface area contributed by atoms with E-state index in [9.17, 15) is 0 Å². The Balaban J connectivity index is 1.12. The van der Waals surface area contributed by atoms with E-state index in [1.165, 1.54) is 72.5 Å². The first-order valence-corrected chi connectivity index (χ1v) is 17.8. The third-order valence-electron chi connectivity index (χ3n) is 11.0. The summed E-state index contributed by atoms with van der Waals surface area (Å²) in [5, 5.41) is 8.71. The maximum atomic E-state index is 6.13. The molecule has 0 unspecified atom stereocenters. The standard InChI is InChI=1S/C47H43NO/c1-5-47(4,6-2)36-19-14-33(15-20-36)46-42-10-8-7-9-41(42)45(43-28-11-31(3)29-44(43)46)34-16-21-37(22-17-34)48-38-23-26-39(27-24-38)49-40-25-18-32-12-13-35(32)30-40/h7-11,14-30,48H,5-6,12-13H2,1-4H3. The van der Waals surface area contributed by atoms with Crippen molar-refractivity contribution in [1.82, 2.24) is 0 Å². The molecule has 0 saturated heterocycles. The van der Waals surface area contributed by atoms with Crippen molar-refractivity contribution in [2.45, 2.75) is 58.8 Å². The normalized spacial score (nSPS) is 12.5. The summed E-state index contributed by atoms with van der Waals surface area (Å²) in [5.41, 5.74) is 12.9. The lowest BCUT2D eigenvalue weighted by Gasteiger charge is -2.27. The van der Waals surface area contributed by atoms with Gasteiger partial charge in [-0.15, -0.1) is 0 Å². The lowest BCUT2D eigenvalue weighted by molar-refractivity contribution is 0.439. The molecule has 8 rings (SSSR count). The van der Waals surface area contributed by atoms with Crippen LogP contribution in [0.3, 0.4) is 0 Å². The number of ether oxygens (including phenoxy) is 1. The van der Waals surface area contributed by atoms with E-state index in [1.807, 2.05) is 12.1 Å². The van der Waals surface area contributed by atoms with Crippen LogP contribution in [0.5, 0.6) is 11.5 Å². The fourth-order valence-electron chi connectivity index (χ4n) is 7.48. The molecule has 1 aliphatic rings. The van der Waals surface area contributed by atoms with Crippen LogP contribution in [0.4, 0.5) is 11.4 Å². The highest BCUT2D eigenvalue weighted by Gasteiger charge is 2.23. The number of rotatable bonds is 9. The van der Waals surface area contributed by atoms with Crippen LogP contribution >= 0.6 is 0 Å². The molecule has 0 heterocycles. The van der Waals surface area contributed by atoms with Gasteiger partial charge in [-0.05, 0) is 147 Å². The maximum absolute atomic E-state index is 6.13. The fourth-order valence-corrected chi connectivity index (χ4v) is 7.48. The highest BCUT2D eigenvalue weighted by molar-refractivity contribution is 6.21. The largest absolute Gasteiger partial charge is 0.457 e. The number of anilines is 2. The number of benzene rings is 7. The highest BCUT2D eigenvalue weighted by atomic mass is 16.5. The lowest BCUT2D eigenvalue weighted by atomic mass is 9.77. The van der Waals surface area contributed by atoms with E-state index in [1.54, 1.807) is 0 Å². The Morgan fingerprint density at radius 1 is 0.551 bits per heavy atom. The van der Waals surface area contributed by atoms with Gasteiger partial charge in [0.1, 0.15) is 11.5 Å². The van der Waals surface area contributed by atoms with Crippen LogP contribution in [0.1, 0.15) is 55.9 Å². The molecular formula is C47H43NO. The van der Waals surface area contributed by atoms with Gasteiger partial charge in [0.25, 0.3) is 0 Å². The van der Waals surface area contributed by atoms with Crippen LogP contribution in [0, 0.1) is 6.92 Å². The van der Waals surface area contributed by atoms with E-state index >= 15 is 0 Å². The van der Waals surface area contributed by atoms with E-state index in [-0.39, 0.29) is 5.41 Å². The Morgan fingerprint density at radius 2 is 1.10 bits per heavy atom. The molecule has 0 aliphatic heterocycles. The van der Waals surface area contributed by atoms with Crippen LogP contribution in [0.2, 0.25) is 0 Å². The topological polar surface area (TPSA) is 21.3 Å². The van der Waals surface area contributed by atoms with Crippen molar-refractivity contribution in [3.8, 4) is 33.8 Å². The molecule has 0 aromatic heterocycles. The summed E-state index contributed by atoms with van der Waals surface area (Å²) < 4.78 is 6.13. The van der Waals surface area contributed by atoms with Crippen LogP contribution in [-0.4, -0.2) is 0 Å². The summed E-state index contributed by atoms with van der Waals surface area (Å²) >= 11 is 0. The zero-order chi connectivity index (χ0) is 33.5. The summed E-state index contributed by atoms with van der Waals surface area (Å²) in [6, 6.07) is 48.7. The van der Waals surface area contributed by atoms with Gasteiger partial charge in [0, 0.05) is 11.4 Å². The molecular weight excluding hydrogens is 595 g/mol. The number of fused-ring (bicyclic) bond motifs is 3. The van der Waals surface area contributed by atoms with Gasteiger partial charge in [-0.1, -0.05) is 111 Å². The zero-order valence-corrected chi connectivity index (χ0v) is 28.9. The van der Waals surface area contributed by atoms with Gasteiger partial charge in [0.05, 0.1) is 0 Å². The third-order valence-corrected chi connectivity index (χ3v) is 11.0. The van der Waals surface area contributed by atoms with Crippen LogP contribution in [0.25, 0.3) is 43.8 Å². The van der Waals surface area contributed by atoms with Crippen LogP contribution in [-0.2, 0) is 18.3 Å². The number of aryl methyl sites for hydroxylation is 3. The average Bonchev–Trinajstić information content (AvgIpc) is 3.13. The molecule has 0 radical (unpaired) electrons. The fraction of sp³-hybridized carbons (Fsp3) is 0.191. The SMILES string of the molecule is CCC(C)(CC)c1ccc(-c2c3ccccc3c(-c3ccc(Nc4ccc(Oc5ccc6c(c5)CC6)cc4)cc3)c3ccc(C)cc23)cc1. The number of hydrogen-bond donors (Lipinski definition) is 1. The molecule has 0 fully saturated rings. The summed E-state index contributed by atoms with van der Waals surface area (Å²) in [7, 11) is 0. The Bertz CT molecular complexity index is 2290. The first kappa shape index (κ1) is 31.0. The molecule has 0 atom stereocenters. The molecule has 0 amide bonds. The molecule has 7 aromatic carbocycles. The minimum absolute atomic E-state index is 0.199. The van der Waals surface area contributed by atoms with Crippen molar-refractivity contribution in [2.75, 3.05) is 5.32 Å². The Labute approximate surface area is 290 Å². The van der Waals surface area contributed by atoms with Crippen LogP contribution in [0.15, 0.2) is 133 Å².